The summed E-state index contributed by atoms with van der Waals surface area (Å²) in [5.74, 6) is -1.16. The lowest BCUT2D eigenvalue weighted by atomic mass is 9.77. The molecule has 4 unspecified atom stereocenters. The molecule has 4 atom stereocenters. The van der Waals surface area contributed by atoms with Gasteiger partial charge in [0.15, 0.2) is 0 Å². The van der Waals surface area contributed by atoms with Crippen LogP contribution in [0.3, 0.4) is 0 Å². The van der Waals surface area contributed by atoms with Crippen LogP contribution in [0.1, 0.15) is 12.5 Å². The highest BCUT2D eigenvalue weighted by molar-refractivity contribution is 6.31. The third-order valence-corrected chi connectivity index (χ3v) is 7.35. The number of nitrogens with one attached hydrogen (secondary N) is 1. The van der Waals surface area contributed by atoms with Gasteiger partial charge in [-0.15, -0.1) is 0 Å². The van der Waals surface area contributed by atoms with Gasteiger partial charge in [0.2, 0.25) is 11.8 Å². The summed E-state index contributed by atoms with van der Waals surface area (Å²) in [5.41, 5.74) is 1.30. The number of para-hydroxylation sites is 1. The second-order valence-electron chi connectivity index (χ2n) is 8.89. The number of likely N-dealkylation sites (N-methyl/N-ethyl adjacent to an activating group) is 1. The summed E-state index contributed by atoms with van der Waals surface area (Å²) in [7, 11) is 0. The number of likely N-dealkylation sites (tertiary alicyclic amines) is 1. The molecule has 0 aromatic heterocycles. The van der Waals surface area contributed by atoms with E-state index in [0.717, 1.165) is 17.8 Å². The standard InChI is InChI=1S/C26H28ClN3O3/c1-2-29(19-9-4-3-5-10-19)15-14-28-24(31)22-21-12-13-26(33-21)17-30(25(32)23(22)26)16-18-8-6-7-11-20(18)27/h3-13,21-23H,2,14-17H2,1H3,(H,28,31). The van der Waals surface area contributed by atoms with Crippen molar-refractivity contribution < 1.29 is 14.3 Å². The monoisotopic (exact) mass is 465 g/mol. The van der Waals surface area contributed by atoms with Crippen LogP contribution in [0.5, 0.6) is 0 Å². The molecule has 5 rings (SSSR count). The Morgan fingerprint density at radius 3 is 2.73 bits per heavy atom. The Morgan fingerprint density at radius 1 is 1.21 bits per heavy atom. The van der Waals surface area contributed by atoms with Crippen molar-refractivity contribution in [3.8, 4) is 0 Å². The molecule has 1 N–H and O–H groups in total. The molecule has 6 nitrogen and oxygen atoms in total. The molecule has 2 saturated heterocycles. The molecule has 172 valence electrons. The zero-order valence-corrected chi connectivity index (χ0v) is 19.4. The van der Waals surface area contributed by atoms with Gasteiger partial charge in [-0.25, -0.2) is 0 Å². The van der Waals surface area contributed by atoms with Crippen molar-refractivity contribution in [1.82, 2.24) is 10.2 Å². The molecule has 1 spiro atoms. The van der Waals surface area contributed by atoms with Gasteiger partial charge in [-0.05, 0) is 30.7 Å². The van der Waals surface area contributed by atoms with Gasteiger partial charge in [-0.2, -0.15) is 0 Å². The molecule has 7 heteroatoms. The Bertz CT molecular complexity index is 1080. The van der Waals surface area contributed by atoms with E-state index in [9.17, 15) is 9.59 Å². The zero-order chi connectivity index (χ0) is 23.0. The lowest BCUT2D eigenvalue weighted by Crippen LogP contribution is -2.45. The fraction of sp³-hybridized carbons (Fsp3) is 0.385. The van der Waals surface area contributed by atoms with Crippen LogP contribution in [-0.2, 0) is 20.9 Å². The number of amides is 2. The van der Waals surface area contributed by atoms with Crippen molar-refractivity contribution in [3.05, 3.63) is 77.3 Å². The summed E-state index contributed by atoms with van der Waals surface area (Å²) in [4.78, 5) is 30.6. The van der Waals surface area contributed by atoms with Crippen LogP contribution in [-0.4, -0.2) is 54.6 Å². The topological polar surface area (TPSA) is 61.9 Å². The largest absolute Gasteiger partial charge is 0.370 e. The third kappa shape index (κ3) is 3.91. The van der Waals surface area contributed by atoms with E-state index in [2.05, 4.69) is 29.3 Å². The number of nitrogens with zero attached hydrogens (tertiary/aromatic N) is 2. The number of anilines is 1. The molecule has 2 bridgehead atoms. The fourth-order valence-electron chi connectivity index (χ4n) is 5.38. The molecule has 0 aliphatic carbocycles. The van der Waals surface area contributed by atoms with Gasteiger partial charge in [-0.1, -0.05) is 60.2 Å². The highest BCUT2D eigenvalue weighted by Gasteiger charge is 2.66. The maximum atomic E-state index is 13.4. The van der Waals surface area contributed by atoms with Crippen LogP contribution in [0.2, 0.25) is 5.02 Å². The number of hydrogen-bond donors (Lipinski definition) is 1. The van der Waals surface area contributed by atoms with E-state index < -0.39 is 17.4 Å². The molecule has 2 aromatic carbocycles. The number of carbonyl (C=O) groups excluding carboxylic acids is 2. The Balaban J connectivity index is 1.25. The summed E-state index contributed by atoms with van der Waals surface area (Å²) < 4.78 is 6.23. The lowest BCUT2D eigenvalue weighted by molar-refractivity contribution is -0.137. The Kier molecular flexibility index (Phi) is 5.89. The summed E-state index contributed by atoms with van der Waals surface area (Å²) in [6.45, 7) is 5.00. The highest BCUT2D eigenvalue weighted by atomic mass is 35.5. The van der Waals surface area contributed by atoms with Crippen molar-refractivity contribution in [2.75, 3.05) is 31.1 Å². The number of benzene rings is 2. The Morgan fingerprint density at radius 2 is 1.97 bits per heavy atom. The van der Waals surface area contributed by atoms with Crippen molar-refractivity contribution >= 4 is 29.1 Å². The first-order valence-corrected chi connectivity index (χ1v) is 11.9. The minimum Gasteiger partial charge on any atom is -0.370 e. The average molecular weight is 466 g/mol. The highest BCUT2D eigenvalue weighted by Crippen LogP contribution is 2.52. The first kappa shape index (κ1) is 22.0. The molecule has 3 heterocycles. The minimum atomic E-state index is -0.718. The predicted molar refractivity (Wildman–Crippen MR) is 128 cm³/mol. The normalized spacial score (nSPS) is 27.2. The second kappa shape index (κ2) is 8.84. The SMILES string of the molecule is CCN(CCNC(=O)C1C2C=CC3(CN(Cc4ccccc4Cl)C(=O)C13)O2)c1ccccc1. The van der Waals surface area contributed by atoms with Gasteiger partial charge in [0.1, 0.15) is 5.60 Å². The molecule has 2 amide bonds. The number of fused-ring (bicyclic) bond motifs is 1. The second-order valence-corrected chi connectivity index (χ2v) is 9.30. The summed E-state index contributed by atoms with van der Waals surface area (Å²) >= 11 is 6.31. The maximum absolute atomic E-state index is 13.4. The van der Waals surface area contributed by atoms with Crippen LogP contribution < -0.4 is 10.2 Å². The molecular weight excluding hydrogens is 438 g/mol. The van der Waals surface area contributed by atoms with Crippen LogP contribution in [0, 0.1) is 11.8 Å². The van der Waals surface area contributed by atoms with Crippen molar-refractivity contribution in [1.29, 1.82) is 0 Å². The van der Waals surface area contributed by atoms with Crippen LogP contribution >= 0.6 is 11.6 Å². The van der Waals surface area contributed by atoms with Gasteiger partial charge >= 0.3 is 0 Å². The molecule has 0 saturated carbocycles. The van der Waals surface area contributed by atoms with E-state index in [1.807, 2.05) is 54.6 Å². The third-order valence-electron chi connectivity index (χ3n) is 6.98. The zero-order valence-electron chi connectivity index (χ0n) is 18.6. The number of hydrogen-bond acceptors (Lipinski definition) is 4. The van der Waals surface area contributed by atoms with Gasteiger partial charge < -0.3 is 19.9 Å². The van der Waals surface area contributed by atoms with Crippen LogP contribution in [0.4, 0.5) is 5.69 Å². The fourth-order valence-corrected chi connectivity index (χ4v) is 5.58. The van der Waals surface area contributed by atoms with Crippen LogP contribution in [0.15, 0.2) is 66.7 Å². The maximum Gasteiger partial charge on any atom is 0.230 e. The molecule has 33 heavy (non-hydrogen) atoms. The van der Waals surface area contributed by atoms with Gasteiger partial charge in [-0.3, -0.25) is 9.59 Å². The minimum absolute atomic E-state index is 0.0404. The lowest BCUT2D eigenvalue weighted by Gasteiger charge is -2.26. The quantitative estimate of drug-likeness (QED) is 0.608. The Hall–Kier alpha value is -2.83. The molecular formula is C26H28ClN3O3. The van der Waals surface area contributed by atoms with E-state index in [0.29, 0.717) is 31.2 Å². The van der Waals surface area contributed by atoms with E-state index in [1.54, 1.807) is 4.90 Å². The molecule has 2 aromatic rings. The molecule has 2 fully saturated rings. The van der Waals surface area contributed by atoms with E-state index in [-0.39, 0.29) is 17.9 Å². The molecule has 0 radical (unpaired) electrons. The van der Waals surface area contributed by atoms with Crippen LogP contribution in [0.25, 0.3) is 0 Å². The smallest absolute Gasteiger partial charge is 0.230 e. The molecule has 3 aliphatic heterocycles. The first-order valence-electron chi connectivity index (χ1n) is 11.5. The van der Waals surface area contributed by atoms with E-state index in [4.69, 9.17) is 16.3 Å². The van der Waals surface area contributed by atoms with Gasteiger partial charge in [0, 0.05) is 36.9 Å². The Labute approximate surface area is 199 Å². The first-order chi connectivity index (χ1) is 16.0. The van der Waals surface area contributed by atoms with E-state index >= 15 is 0 Å². The number of carbonyl (C=O) groups is 2. The number of ether oxygens (including phenoxy) is 1. The van der Waals surface area contributed by atoms with Gasteiger partial charge in [0.25, 0.3) is 0 Å². The predicted octanol–water partition coefficient (Wildman–Crippen LogP) is 3.26. The number of rotatable bonds is 8. The summed E-state index contributed by atoms with van der Waals surface area (Å²) in [6, 6.07) is 17.7. The van der Waals surface area contributed by atoms with Gasteiger partial charge in [0.05, 0.1) is 24.5 Å². The van der Waals surface area contributed by atoms with E-state index in [1.165, 1.54) is 0 Å². The average Bonchev–Trinajstić information content (AvgIpc) is 3.47. The van der Waals surface area contributed by atoms with Crippen molar-refractivity contribution in [2.45, 2.75) is 25.2 Å². The number of halogens is 1. The molecule has 3 aliphatic rings. The summed E-state index contributed by atoms with van der Waals surface area (Å²) in [5, 5.41) is 3.69. The van der Waals surface area contributed by atoms with Crippen molar-refractivity contribution in [2.24, 2.45) is 11.8 Å². The summed E-state index contributed by atoms with van der Waals surface area (Å²) in [6.07, 6.45) is 3.57. The van der Waals surface area contributed by atoms with Crippen molar-refractivity contribution in [3.63, 3.8) is 0 Å².